The van der Waals surface area contributed by atoms with E-state index < -0.39 is 39.4 Å². The molecule has 3 fully saturated rings. The van der Waals surface area contributed by atoms with Gasteiger partial charge in [-0.2, -0.15) is 4.31 Å². The maximum atomic E-state index is 14.9. The number of urea groups is 1. The van der Waals surface area contributed by atoms with Crippen LogP contribution in [0.3, 0.4) is 0 Å². The van der Waals surface area contributed by atoms with Crippen molar-refractivity contribution < 1.29 is 32.0 Å². The molecule has 258 valence electrons. The third-order valence-corrected chi connectivity index (χ3v) is 12.6. The molecule has 4 heterocycles. The zero-order valence-corrected chi connectivity index (χ0v) is 28.4. The van der Waals surface area contributed by atoms with Gasteiger partial charge in [0.25, 0.3) is 5.91 Å². The summed E-state index contributed by atoms with van der Waals surface area (Å²) in [5.74, 6) is -1.90. The van der Waals surface area contributed by atoms with E-state index in [2.05, 4.69) is 10.6 Å². The van der Waals surface area contributed by atoms with Crippen molar-refractivity contribution in [3.8, 4) is 0 Å². The molecular formula is C36H40FN5O6S. The van der Waals surface area contributed by atoms with E-state index in [0.717, 1.165) is 35.6 Å². The molecule has 0 aromatic heterocycles. The highest BCUT2D eigenvalue weighted by molar-refractivity contribution is 7.88. The molecule has 3 aromatic carbocycles. The first-order chi connectivity index (χ1) is 23.3. The number of hydrogen-bond donors (Lipinski definition) is 2. The predicted octanol–water partition coefficient (Wildman–Crippen LogP) is 5.25. The van der Waals surface area contributed by atoms with Gasteiger partial charge in [-0.3, -0.25) is 24.6 Å². The molecule has 2 N–H and O–H groups in total. The first-order valence-corrected chi connectivity index (χ1v) is 18.5. The van der Waals surface area contributed by atoms with E-state index in [9.17, 15) is 32.0 Å². The number of anilines is 2. The van der Waals surface area contributed by atoms with Gasteiger partial charge in [-0.1, -0.05) is 30.7 Å². The summed E-state index contributed by atoms with van der Waals surface area (Å²) < 4.78 is 43.1. The lowest BCUT2D eigenvalue weighted by Gasteiger charge is -2.41. The van der Waals surface area contributed by atoms with E-state index in [0.29, 0.717) is 49.3 Å². The van der Waals surface area contributed by atoms with Gasteiger partial charge in [0.15, 0.2) is 0 Å². The molecule has 11 nitrogen and oxygen atoms in total. The summed E-state index contributed by atoms with van der Waals surface area (Å²) in [4.78, 5) is 54.4. The Bertz CT molecular complexity index is 1990. The average molecular weight is 690 g/mol. The van der Waals surface area contributed by atoms with Gasteiger partial charge in [0.1, 0.15) is 11.9 Å². The zero-order valence-electron chi connectivity index (χ0n) is 27.6. The Morgan fingerprint density at radius 2 is 1.78 bits per heavy atom. The summed E-state index contributed by atoms with van der Waals surface area (Å²) in [7, 11) is -3.65. The molecule has 0 spiro atoms. The Morgan fingerprint density at radius 1 is 1.00 bits per heavy atom. The predicted molar refractivity (Wildman–Crippen MR) is 183 cm³/mol. The minimum Gasteiger partial charge on any atom is -0.324 e. The van der Waals surface area contributed by atoms with Crippen molar-refractivity contribution >= 4 is 55.9 Å². The Kier molecular flexibility index (Phi) is 8.46. The molecule has 0 saturated carbocycles. The number of sulfonamides is 1. The van der Waals surface area contributed by atoms with Gasteiger partial charge in [-0.15, -0.1) is 0 Å². The number of amides is 5. The van der Waals surface area contributed by atoms with E-state index in [-0.39, 0.29) is 42.0 Å². The number of piperidine rings is 3. The number of hydrogen-bond acceptors (Lipinski definition) is 6. The molecule has 1 atom stereocenters. The Hall–Kier alpha value is -4.36. The van der Waals surface area contributed by atoms with Crippen LogP contribution in [0.5, 0.6) is 0 Å². The second-order valence-corrected chi connectivity index (χ2v) is 16.0. The van der Waals surface area contributed by atoms with E-state index in [1.807, 2.05) is 38.1 Å². The fourth-order valence-electron chi connectivity index (χ4n) is 8.01. The van der Waals surface area contributed by atoms with Gasteiger partial charge in [0.05, 0.1) is 17.1 Å². The lowest BCUT2D eigenvalue weighted by atomic mass is 9.85. The molecule has 13 heteroatoms. The van der Waals surface area contributed by atoms with Crippen LogP contribution >= 0.6 is 0 Å². The molecule has 4 aliphatic heterocycles. The van der Waals surface area contributed by atoms with Gasteiger partial charge in [-0.05, 0) is 92.6 Å². The van der Waals surface area contributed by atoms with E-state index >= 15 is 0 Å². The van der Waals surface area contributed by atoms with Crippen molar-refractivity contribution in [1.82, 2.24) is 14.5 Å². The number of likely N-dealkylation sites (tertiary alicyclic amines) is 1. The first-order valence-electron chi connectivity index (χ1n) is 16.9. The Labute approximate surface area is 284 Å². The molecule has 4 aliphatic rings. The minimum atomic E-state index is -3.65. The highest BCUT2D eigenvalue weighted by Gasteiger charge is 2.42. The third kappa shape index (κ3) is 6.07. The molecule has 3 aromatic rings. The van der Waals surface area contributed by atoms with Crippen LogP contribution in [-0.4, -0.2) is 72.6 Å². The molecule has 49 heavy (non-hydrogen) atoms. The van der Waals surface area contributed by atoms with Crippen LogP contribution in [0.25, 0.3) is 10.8 Å². The molecule has 5 amide bonds. The zero-order chi connectivity index (χ0) is 34.7. The van der Waals surface area contributed by atoms with Crippen LogP contribution in [0.1, 0.15) is 86.2 Å². The number of nitrogens with one attached hydrogen (secondary N) is 2. The number of benzene rings is 3. The number of carbonyl (C=O) groups excluding carboxylic acids is 4. The van der Waals surface area contributed by atoms with Crippen LogP contribution in [0.4, 0.5) is 20.6 Å². The highest BCUT2D eigenvalue weighted by Crippen LogP contribution is 2.44. The molecule has 0 radical (unpaired) electrons. The number of imide groups is 1. The van der Waals surface area contributed by atoms with E-state index in [4.69, 9.17) is 0 Å². The molecule has 0 aliphatic carbocycles. The van der Waals surface area contributed by atoms with Gasteiger partial charge in [0, 0.05) is 42.5 Å². The number of rotatable bonds is 6. The fraction of sp³-hybridized carbons (Fsp3) is 0.444. The second-order valence-electron chi connectivity index (χ2n) is 14.1. The Morgan fingerprint density at radius 3 is 2.51 bits per heavy atom. The molecule has 7 rings (SSSR count). The van der Waals surface area contributed by atoms with Crippen molar-refractivity contribution in [1.29, 1.82) is 0 Å². The second kappa shape index (κ2) is 12.5. The smallest absolute Gasteiger partial charge is 0.321 e. The summed E-state index contributed by atoms with van der Waals surface area (Å²) >= 11 is 0. The normalized spacial score (nSPS) is 21.7. The van der Waals surface area contributed by atoms with E-state index in [1.165, 1.54) is 23.1 Å². The van der Waals surface area contributed by atoms with Crippen molar-refractivity contribution in [2.45, 2.75) is 82.0 Å². The van der Waals surface area contributed by atoms with Crippen LogP contribution in [-0.2, 0) is 25.4 Å². The number of carbonyl (C=O) groups is 4. The minimum absolute atomic E-state index is 0.0598. The largest absolute Gasteiger partial charge is 0.324 e. The van der Waals surface area contributed by atoms with Gasteiger partial charge < -0.3 is 10.2 Å². The molecule has 3 saturated heterocycles. The van der Waals surface area contributed by atoms with Crippen LogP contribution in [0.2, 0.25) is 0 Å². The van der Waals surface area contributed by atoms with Gasteiger partial charge in [-0.25, -0.2) is 17.6 Å². The van der Waals surface area contributed by atoms with Crippen LogP contribution < -0.4 is 15.5 Å². The average Bonchev–Trinajstić information content (AvgIpc) is 3.34. The van der Waals surface area contributed by atoms with Crippen molar-refractivity contribution in [2.75, 3.05) is 29.9 Å². The van der Waals surface area contributed by atoms with Crippen LogP contribution in [0, 0.1) is 5.82 Å². The fourth-order valence-corrected chi connectivity index (χ4v) is 10.0. The van der Waals surface area contributed by atoms with Crippen molar-refractivity contribution in [3.05, 3.63) is 71.0 Å². The lowest BCUT2D eigenvalue weighted by Crippen LogP contribution is -2.53. The monoisotopic (exact) mass is 689 g/mol. The summed E-state index contributed by atoms with van der Waals surface area (Å²) in [6, 6.07) is 12.2. The number of halogens is 1. The maximum Gasteiger partial charge on any atom is 0.321 e. The molecular weight excluding hydrogens is 649 g/mol. The van der Waals surface area contributed by atoms with Crippen LogP contribution in [0.15, 0.2) is 48.5 Å². The SMILES string of the molecule is CC1(C)CCCCN1S(=O)(=O)Cc1ccc(F)c(NC(=O)N2CCC(c3ccc4c5c(cccc35)C(=O)N4C3CCC(=O)NC3=O)CC2)c1. The highest BCUT2D eigenvalue weighted by atomic mass is 32.2. The molecule has 1 unspecified atom stereocenters. The summed E-state index contributed by atoms with van der Waals surface area (Å²) in [6.45, 7) is 5.14. The summed E-state index contributed by atoms with van der Waals surface area (Å²) in [6.07, 6.45) is 4.26. The summed E-state index contributed by atoms with van der Waals surface area (Å²) in [5, 5.41) is 6.72. The summed E-state index contributed by atoms with van der Waals surface area (Å²) in [5.41, 5.74) is 2.08. The standard InChI is InChI=1S/C36H40FN5O6S/c1-36(2)16-3-4-17-41(36)49(47,48)21-22-8-10-27(37)28(20-22)38-35(46)40-18-14-23(15-19-40)24-9-11-29-32-25(24)6-5-7-26(32)34(45)42(29)30-12-13-31(43)39-33(30)44/h5-11,20,23,30H,3-4,12-19,21H2,1-2H3,(H,38,46)(H,39,43,44). The topological polar surface area (TPSA) is 136 Å². The Balaban J connectivity index is 1.03. The lowest BCUT2D eigenvalue weighted by molar-refractivity contribution is -0.134. The third-order valence-electron chi connectivity index (χ3n) is 10.5. The maximum absolute atomic E-state index is 14.9. The number of nitrogens with zero attached hydrogens (tertiary/aromatic N) is 3. The first kappa shape index (κ1) is 33.2. The van der Waals surface area contributed by atoms with Crippen molar-refractivity contribution in [3.63, 3.8) is 0 Å². The quantitative estimate of drug-likeness (QED) is 0.340. The van der Waals surface area contributed by atoms with E-state index in [1.54, 1.807) is 15.3 Å². The molecule has 0 bridgehead atoms. The van der Waals surface area contributed by atoms with Gasteiger partial charge >= 0.3 is 6.03 Å². The van der Waals surface area contributed by atoms with Gasteiger partial charge in [0.2, 0.25) is 21.8 Å². The van der Waals surface area contributed by atoms with Crippen molar-refractivity contribution in [2.24, 2.45) is 0 Å².